The zero-order chi connectivity index (χ0) is 20.2. The predicted molar refractivity (Wildman–Crippen MR) is 118 cm³/mol. The first-order valence-electron chi connectivity index (χ1n) is 9.61. The van der Waals surface area contributed by atoms with Crippen molar-refractivity contribution in [3.05, 3.63) is 77.4 Å². The van der Waals surface area contributed by atoms with Gasteiger partial charge in [-0.15, -0.1) is 0 Å². The number of benzene rings is 3. The van der Waals surface area contributed by atoms with E-state index in [2.05, 4.69) is 31.2 Å². The molecule has 0 N–H and O–H groups in total. The summed E-state index contributed by atoms with van der Waals surface area (Å²) < 4.78 is 13.1. The minimum Gasteiger partial charge on any atom is -0.454 e. The molecule has 0 radical (unpaired) electrons. The van der Waals surface area contributed by atoms with Gasteiger partial charge in [0.05, 0.1) is 16.7 Å². The molecular formula is C24H16ClN3O2. The lowest BCUT2D eigenvalue weighted by Crippen LogP contribution is -1.97. The number of hydrogen-bond donors (Lipinski definition) is 0. The Balaban J connectivity index is 1.71. The lowest BCUT2D eigenvalue weighted by molar-refractivity contribution is 0.174. The maximum atomic E-state index is 6.12. The summed E-state index contributed by atoms with van der Waals surface area (Å²) in [7, 11) is 0. The van der Waals surface area contributed by atoms with Crippen molar-refractivity contribution in [3.8, 4) is 28.4 Å². The highest BCUT2D eigenvalue weighted by Gasteiger charge is 2.21. The number of ether oxygens (including phenoxy) is 2. The summed E-state index contributed by atoms with van der Waals surface area (Å²) in [5.41, 5.74) is 5.85. The Kier molecular flexibility index (Phi) is 3.73. The fourth-order valence-corrected chi connectivity index (χ4v) is 3.99. The molecule has 2 aromatic heterocycles. The maximum absolute atomic E-state index is 6.12. The minimum atomic E-state index is 0.222. The van der Waals surface area contributed by atoms with Crippen LogP contribution in [0.2, 0.25) is 5.02 Å². The Morgan fingerprint density at radius 2 is 1.63 bits per heavy atom. The standard InChI is InChI=1S/C24H16ClN3O2/c1-14-2-4-15(5-3-14)23-19-12-26-20-11-22-21(29-13-30-22)10-18(20)24(19)28(27-23)17-8-6-16(25)7-9-17/h2-12H,13H2,1H3. The first-order valence-corrected chi connectivity index (χ1v) is 9.99. The van der Waals surface area contributed by atoms with E-state index in [0.29, 0.717) is 10.8 Å². The maximum Gasteiger partial charge on any atom is 0.231 e. The van der Waals surface area contributed by atoms with Crippen LogP contribution < -0.4 is 9.47 Å². The van der Waals surface area contributed by atoms with Crippen molar-refractivity contribution in [3.63, 3.8) is 0 Å². The number of rotatable bonds is 2. The van der Waals surface area contributed by atoms with Crippen LogP contribution >= 0.6 is 11.6 Å². The number of halogens is 1. The highest BCUT2D eigenvalue weighted by Crippen LogP contribution is 2.40. The van der Waals surface area contributed by atoms with Crippen LogP contribution in [0.5, 0.6) is 11.5 Å². The van der Waals surface area contributed by atoms with E-state index in [0.717, 1.165) is 44.5 Å². The molecule has 0 saturated carbocycles. The summed E-state index contributed by atoms with van der Waals surface area (Å²) in [6.45, 7) is 2.30. The third-order valence-corrected chi connectivity index (χ3v) is 5.65. The third kappa shape index (κ3) is 2.63. The summed E-state index contributed by atoms with van der Waals surface area (Å²) in [5, 5.41) is 7.61. The molecule has 3 aromatic carbocycles. The minimum absolute atomic E-state index is 0.222. The van der Waals surface area contributed by atoms with Gasteiger partial charge in [-0.3, -0.25) is 4.98 Å². The molecule has 5 nitrogen and oxygen atoms in total. The Morgan fingerprint density at radius 1 is 0.900 bits per heavy atom. The number of nitrogens with zero attached hydrogens (tertiary/aromatic N) is 3. The van der Waals surface area contributed by atoms with Crippen molar-refractivity contribution in [1.29, 1.82) is 0 Å². The lowest BCUT2D eigenvalue weighted by atomic mass is 10.1. The van der Waals surface area contributed by atoms with Gasteiger partial charge in [0.15, 0.2) is 11.5 Å². The number of hydrogen-bond acceptors (Lipinski definition) is 4. The van der Waals surface area contributed by atoms with E-state index in [1.807, 2.05) is 47.3 Å². The molecule has 30 heavy (non-hydrogen) atoms. The fourth-order valence-electron chi connectivity index (χ4n) is 3.87. The number of pyridine rings is 1. The number of aryl methyl sites for hydroxylation is 1. The normalized spacial score (nSPS) is 12.7. The summed E-state index contributed by atoms with van der Waals surface area (Å²) in [4.78, 5) is 4.70. The van der Waals surface area contributed by atoms with Gasteiger partial charge in [0, 0.05) is 33.6 Å². The van der Waals surface area contributed by atoms with Crippen LogP contribution in [0.1, 0.15) is 5.56 Å². The Hall–Kier alpha value is -3.57. The Morgan fingerprint density at radius 3 is 2.40 bits per heavy atom. The summed E-state index contributed by atoms with van der Waals surface area (Å²) in [5.74, 6) is 1.43. The van der Waals surface area contributed by atoms with Crippen molar-refractivity contribution in [2.24, 2.45) is 0 Å². The molecule has 0 spiro atoms. The van der Waals surface area contributed by atoms with E-state index in [1.54, 1.807) is 0 Å². The summed E-state index contributed by atoms with van der Waals surface area (Å²) >= 11 is 6.12. The van der Waals surface area contributed by atoms with Gasteiger partial charge in [0.25, 0.3) is 0 Å². The quantitative estimate of drug-likeness (QED) is 0.360. The molecule has 5 aromatic rings. The van der Waals surface area contributed by atoms with Crippen LogP contribution in [0.4, 0.5) is 0 Å². The van der Waals surface area contributed by atoms with Crippen LogP contribution in [-0.4, -0.2) is 21.6 Å². The molecule has 146 valence electrons. The molecule has 0 atom stereocenters. The van der Waals surface area contributed by atoms with Crippen molar-refractivity contribution < 1.29 is 9.47 Å². The molecule has 0 saturated heterocycles. The zero-order valence-electron chi connectivity index (χ0n) is 16.1. The van der Waals surface area contributed by atoms with E-state index in [-0.39, 0.29) is 6.79 Å². The zero-order valence-corrected chi connectivity index (χ0v) is 16.8. The second kappa shape index (κ2) is 6.47. The van der Waals surface area contributed by atoms with Crippen molar-refractivity contribution >= 4 is 33.4 Å². The highest BCUT2D eigenvalue weighted by atomic mass is 35.5. The smallest absolute Gasteiger partial charge is 0.231 e. The largest absolute Gasteiger partial charge is 0.454 e. The topological polar surface area (TPSA) is 49.2 Å². The van der Waals surface area contributed by atoms with Crippen LogP contribution in [0, 0.1) is 6.92 Å². The van der Waals surface area contributed by atoms with Crippen LogP contribution in [0.3, 0.4) is 0 Å². The molecular weight excluding hydrogens is 398 g/mol. The third-order valence-electron chi connectivity index (χ3n) is 5.40. The average molecular weight is 414 g/mol. The molecule has 3 heterocycles. The molecule has 6 rings (SSSR count). The van der Waals surface area contributed by atoms with Gasteiger partial charge in [-0.25, -0.2) is 4.68 Å². The van der Waals surface area contributed by atoms with E-state index < -0.39 is 0 Å². The van der Waals surface area contributed by atoms with Gasteiger partial charge < -0.3 is 9.47 Å². The van der Waals surface area contributed by atoms with Gasteiger partial charge >= 0.3 is 0 Å². The molecule has 0 amide bonds. The second-order valence-electron chi connectivity index (χ2n) is 7.35. The van der Waals surface area contributed by atoms with Crippen molar-refractivity contribution in [2.45, 2.75) is 6.92 Å². The molecule has 1 aliphatic rings. The van der Waals surface area contributed by atoms with Gasteiger partial charge in [0.2, 0.25) is 6.79 Å². The number of aromatic nitrogens is 3. The Bertz CT molecular complexity index is 1420. The predicted octanol–water partition coefficient (Wildman–Crippen LogP) is 5.93. The average Bonchev–Trinajstić information content (AvgIpc) is 3.37. The molecule has 0 fully saturated rings. The summed E-state index contributed by atoms with van der Waals surface area (Å²) in [6.07, 6.45) is 1.88. The first-order chi connectivity index (χ1) is 14.7. The molecule has 1 aliphatic heterocycles. The van der Waals surface area contributed by atoms with Gasteiger partial charge in [-0.05, 0) is 37.3 Å². The monoisotopic (exact) mass is 413 g/mol. The van der Waals surface area contributed by atoms with Gasteiger partial charge in [0.1, 0.15) is 5.69 Å². The van der Waals surface area contributed by atoms with Gasteiger partial charge in [-0.1, -0.05) is 41.4 Å². The lowest BCUT2D eigenvalue weighted by Gasteiger charge is -2.07. The fraction of sp³-hybridized carbons (Fsp3) is 0.0833. The summed E-state index contributed by atoms with van der Waals surface area (Å²) in [6, 6.07) is 19.9. The SMILES string of the molecule is Cc1ccc(-c2nn(-c3ccc(Cl)cc3)c3c2cnc2cc4c(cc23)OCO4)cc1. The van der Waals surface area contributed by atoms with E-state index >= 15 is 0 Å². The van der Waals surface area contributed by atoms with Crippen molar-refractivity contribution in [1.82, 2.24) is 14.8 Å². The molecule has 0 aliphatic carbocycles. The molecule has 0 unspecified atom stereocenters. The van der Waals surface area contributed by atoms with E-state index in [9.17, 15) is 0 Å². The highest BCUT2D eigenvalue weighted by molar-refractivity contribution is 6.30. The van der Waals surface area contributed by atoms with E-state index in [1.165, 1.54) is 5.56 Å². The first kappa shape index (κ1) is 17.3. The van der Waals surface area contributed by atoms with Crippen LogP contribution in [0.15, 0.2) is 66.9 Å². The van der Waals surface area contributed by atoms with Crippen LogP contribution in [-0.2, 0) is 0 Å². The van der Waals surface area contributed by atoms with Crippen molar-refractivity contribution in [2.75, 3.05) is 6.79 Å². The number of fused-ring (bicyclic) bond motifs is 4. The van der Waals surface area contributed by atoms with E-state index in [4.69, 9.17) is 31.2 Å². The Labute approximate surface area is 177 Å². The molecule has 0 bridgehead atoms. The van der Waals surface area contributed by atoms with Gasteiger partial charge in [-0.2, -0.15) is 5.10 Å². The molecule has 6 heteroatoms. The second-order valence-corrected chi connectivity index (χ2v) is 7.78. The van der Waals surface area contributed by atoms with Crippen LogP contribution in [0.25, 0.3) is 38.8 Å².